The number of hydrogen-bond acceptors (Lipinski definition) is 2. The summed E-state index contributed by atoms with van der Waals surface area (Å²) >= 11 is 3.50. The third kappa shape index (κ3) is 2.48. The number of carbonyl (C=O) groups excluding carboxylic acids is 1. The number of allylic oxidation sites excluding steroid dienone is 4. The zero-order valence-electron chi connectivity index (χ0n) is 6.92. The van der Waals surface area contributed by atoms with Crippen molar-refractivity contribution >= 4 is 21.9 Å². The van der Waals surface area contributed by atoms with Crippen molar-refractivity contribution in [2.45, 2.75) is 17.2 Å². The van der Waals surface area contributed by atoms with Crippen LogP contribution in [-0.4, -0.2) is 17.4 Å². The number of ether oxygens (including phenoxy) is 1. The molecule has 3 heteroatoms. The Hall–Kier alpha value is -0.570. The van der Waals surface area contributed by atoms with Crippen molar-refractivity contribution in [2.24, 2.45) is 0 Å². The van der Waals surface area contributed by atoms with E-state index in [4.69, 9.17) is 0 Å². The molecule has 0 heterocycles. The van der Waals surface area contributed by atoms with Crippen LogP contribution in [-0.2, 0) is 9.53 Å². The quantitative estimate of drug-likeness (QED) is 0.538. The average Bonchev–Trinajstić information content (AvgIpc) is 2.05. The Bertz CT molecular complexity index is 233. The van der Waals surface area contributed by atoms with Gasteiger partial charge in [-0.3, -0.25) is 4.79 Å². The van der Waals surface area contributed by atoms with Crippen molar-refractivity contribution in [3.8, 4) is 0 Å². The summed E-state index contributed by atoms with van der Waals surface area (Å²) in [6.45, 7) is 0. The van der Waals surface area contributed by atoms with Crippen LogP contribution < -0.4 is 0 Å². The van der Waals surface area contributed by atoms with Gasteiger partial charge in [0, 0.05) is 0 Å². The van der Waals surface area contributed by atoms with Gasteiger partial charge in [0.15, 0.2) is 0 Å². The van der Waals surface area contributed by atoms with E-state index >= 15 is 0 Å². The Morgan fingerprint density at radius 1 is 1.67 bits per heavy atom. The lowest BCUT2D eigenvalue weighted by Gasteiger charge is -2.22. The smallest absolute Gasteiger partial charge is 0.307 e. The van der Waals surface area contributed by atoms with Crippen LogP contribution in [0.25, 0.3) is 0 Å². The third-order valence-electron chi connectivity index (χ3n) is 1.77. The van der Waals surface area contributed by atoms with Crippen LogP contribution in [0.3, 0.4) is 0 Å². The molecular formula is C9H11BrO2. The highest BCUT2D eigenvalue weighted by Crippen LogP contribution is 2.31. The standard InChI is InChI=1S/C9H11BrO2/c1-12-8(11)7-9(10)5-3-2-4-6-9/h2-5H,6-7H2,1H3. The van der Waals surface area contributed by atoms with E-state index in [1.165, 1.54) is 7.11 Å². The first kappa shape index (κ1) is 9.52. The van der Waals surface area contributed by atoms with Crippen LogP contribution in [0.15, 0.2) is 24.3 Å². The molecule has 1 rings (SSSR count). The fourth-order valence-electron chi connectivity index (χ4n) is 1.08. The molecule has 1 aliphatic carbocycles. The molecule has 0 aromatic carbocycles. The molecule has 66 valence electrons. The fourth-order valence-corrected chi connectivity index (χ4v) is 1.65. The topological polar surface area (TPSA) is 26.3 Å². The van der Waals surface area contributed by atoms with Crippen LogP contribution in [0.1, 0.15) is 12.8 Å². The predicted molar refractivity (Wildman–Crippen MR) is 51.2 cm³/mol. The van der Waals surface area contributed by atoms with Gasteiger partial charge in [-0.1, -0.05) is 40.2 Å². The monoisotopic (exact) mass is 230 g/mol. The van der Waals surface area contributed by atoms with Crippen molar-refractivity contribution < 1.29 is 9.53 Å². The van der Waals surface area contributed by atoms with Crippen LogP contribution in [0.5, 0.6) is 0 Å². The number of hydrogen-bond donors (Lipinski definition) is 0. The molecule has 0 radical (unpaired) electrons. The van der Waals surface area contributed by atoms with E-state index in [0.717, 1.165) is 6.42 Å². The molecule has 0 aromatic rings. The Labute approximate surface area is 80.4 Å². The molecule has 0 saturated carbocycles. The maximum atomic E-state index is 11.0. The lowest BCUT2D eigenvalue weighted by Crippen LogP contribution is -2.23. The molecule has 0 saturated heterocycles. The Kier molecular flexibility index (Phi) is 3.09. The highest BCUT2D eigenvalue weighted by Gasteiger charge is 2.26. The second-order valence-electron chi connectivity index (χ2n) is 2.78. The van der Waals surface area contributed by atoms with Gasteiger partial charge in [-0.05, 0) is 6.42 Å². The first-order valence-electron chi connectivity index (χ1n) is 3.76. The molecular weight excluding hydrogens is 220 g/mol. The van der Waals surface area contributed by atoms with Gasteiger partial charge in [0.25, 0.3) is 0 Å². The summed E-state index contributed by atoms with van der Waals surface area (Å²) in [5.41, 5.74) is 0. The van der Waals surface area contributed by atoms with Gasteiger partial charge in [0.1, 0.15) is 0 Å². The van der Waals surface area contributed by atoms with Gasteiger partial charge in [-0.15, -0.1) is 0 Å². The van der Waals surface area contributed by atoms with Crippen LogP contribution in [0, 0.1) is 0 Å². The normalized spacial score (nSPS) is 27.2. The molecule has 1 unspecified atom stereocenters. The first-order chi connectivity index (χ1) is 5.66. The zero-order valence-corrected chi connectivity index (χ0v) is 8.50. The Morgan fingerprint density at radius 2 is 2.42 bits per heavy atom. The molecule has 2 nitrogen and oxygen atoms in total. The van der Waals surface area contributed by atoms with Crippen molar-refractivity contribution in [1.29, 1.82) is 0 Å². The van der Waals surface area contributed by atoms with Crippen LogP contribution >= 0.6 is 15.9 Å². The lowest BCUT2D eigenvalue weighted by molar-refractivity contribution is -0.140. The minimum atomic E-state index is -0.227. The first-order valence-corrected chi connectivity index (χ1v) is 4.56. The summed E-state index contributed by atoms with van der Waals surface area (Å²) in [6.07, 6.45) is 9.11. The number of carbonyl (C=O) groups is 1. The Morgan fingerprint density at radius 3 is 2.92 bits per heavy atom. The highest BCUT2D eigenvalue weighted by atomic mass is 79.9. The van der Waals surface area contributed by atoms with Crippen molar-refractivity contribution in [2.75, 3.05) is 7.11 Å². The summed E-state index contributed by atoms with van der Waals surface area (Å²) in [4.78, 5) is 11.0. The van der Waals surface area contributed by atoms with E-state index in [0.29, 0.717) is 6.42 Å². The summed E-state index contributed by atoms with van der Waals surface area (Å²) in [6, 6.07) is 0. The number of halogens is 1. The third-order valence-corrected chi connectivity index (χ3v) is 2.63. The predicted octanol–water partition coefficient (Wildman–Crippen LogP) is 2.20. The molecule has 0 fully saturated rings. The van der Waals surface area contributed by atoms with Gasteiger partial charge in [-0.25, -0.2) is 0 Å². The molecule has 1 aliphatic rings. The van der Waals surface area contributed by atoms with Crippen LogP contribution in [0.2, 0.25) is 0 Å². The summed E-state index contributed by atoms with van der Waals surface area (Å²) in [7, 11) is 1.40. The van der Waals surface area contributed by atoms with E-state index in [1.54, 1.807) is 0 Å². The van der Waals surface area contributed by atoms with E-state index in [-0.39, 0.29) is 10.3 Å². The van der Waals surface area contributed by atoms with Gasteiger partial charge in [0.05, 0.1) is 17.9 Å². The minimum Gasteiger partial charge on any atom is -0.469 e. The summed E-state index contributed by atoms with van der Waals surface area (Å²) in [5.74, 6) is -0.188. The average molecular weight is 231 g/mol. The van der Waals surface area contributed by atoms with E-state index < -0.39 is 0 Å². The molecule has 0 aromatic heterocycles. The molecule has 0 N–H and O–H groups in total. The zero-order chi connectivity index (χ0) is 9.03. The second-order valence-corrected chi connectivity index (χ2v) is 4.36. The van der Waals surface area contributed by atoms with Crippen molar-refractivity contribution in [3.63, 3.8) is 0 Å². The lowest BCUT2D eigenvalue weighted by atomic mass is 9.97. The molecule has 0 bridgehead atoms. The number of esters is 1. The van der Waals surface area contributed by atoms with E-state index in [2.05, 4.69) is 20.7 Å². The summed E-state index contributed by atoms with van der Waals surface area (Å²) < 4.78 is 4.36. The van der Waals surface area contributed by atoms with Gasteiger partial charge >= 0.3 is 5.97 Å². The maximum Gasteiger partial charge on any atom is 0.307 e. The van der Waals surface area contributed by atoms with Crippen LogP contribution in [0.4, 0.5) is 0 Å². The highest BCUT2D eigenvalue weighted by molar-refractivity contribution is 9.10. The number of alkyl halides is 1. The van der Waals surface area contributed by atoms with Crippen molar-refractivity contribution in [3.05, 3.63) is 24.3 Å². The summed E-state index contributed by atoms with van der Waals surface area (Å²) in [5, 5.41) is 0. The maximum absolute atomic E-state index is 11.0. The van der Waals surface area contributed by atoms with E-state index in [9.17, 15) is 4.79 Å². The number of methoxy groups -OCH3 is 1. The van der Waals surface area contributed by atoms with Gasteiger partial charge < -0.3 is 4.74 Å². The fraction of sp³-hybridized carbons (Fsp3) is 0.444. The molecule has 0 spiro atoms. The van der Waals surface area contributed by atoms with Gasteiger partial charge in [0.2, 0.25) is 0 Å². The molecule has 0 aliphatic heterocycles. The molecule has 0 amide bonds. The second kappa shape index (κ2) is 3.90. The van der Waals surface area contributed by atoms with Crippen molar-refractivity contribution in [1.82, 2.24) is 0 Å². The van der Waals surface area contributed by atoms with Gasteiger partial charge in [-0.2, -0.15) is 0 Å². The minimum absolute atomic E-state index is 0.188. The van der Waals surface area contributed by atoms with E-state index in [1.807, 2.05) is 24.3 Å². The Balaban J connectivity index is 2.55. The molecule has 12 heavy (non-hydrogen) atoms. The largest absolute Gasteiger partial charge is 0.469 e. The number of rotatable bonds is 2. The molecule has 1 atom stereocenters. The SMILES string of the molecule is COC(=O)CC1(Br)C=CC=CC1.